The van der Waals surface area contributed by atoms with Crippen LogP contribution in [0, 0.1) is 5.92 Å². The van der Waals surface area contributed by atoms with Crippen molar-refractivity contribution in [2.45, 2.75) is 19.8 Å². The minimum absolute atomic E-state index is 0.0609. The molecule has 0 radical (unpaired) electrons. The number of allylic oxidation sites excluding steroid dienone is 1. The molecule has 0 spiro atoms. The van der Waals surface area contributed by atoms with Crippen molar-refractivity contribution in [3.8, 4) is 0 Å². The molecule has 3 heteroatoms. The van der Waals surface area contributed by atoms with Crippen molar-refractivity contribution < 1.29 is 14.7 Å². The fraction of sp³-hybridized carbons (Fsp3) is 0.500. The summed E-state index contributed by atoms with van der Waals surface area (Å²) < 4.78 is 0. The third-order valence-electron chi connectivity index (χ3n) is 1.91. The van der Waals surface area contributed by atoms with E-state index in [4.69, 9.17) is 5.11 Å². The number of carbonyl (C=O) groups is 2. The predicted molar refractivity (Wildman–Crippen MR) is 39.1 cm³/mol. The summed E-state index contributed by atoms with van der Waals surface area (Å²) >= 11 is 0. The lowest BCUT2D eigenvalue weighted by Gasteiger charge is -2.04. The zero-order chi connectivity index (χ0) is 8.43. The third kappa shape index (κ3) is 1.48. The minimum atomic E-state index is -0.885. The SMILES string of the molecule is CCC1=CC(=O)CC1C(=O)O. The molecule has 3 nitrogen and oxygen atoms in total. The molecule has 1 N–H and O–H groups in total. The molecule has 1 rings (SSSR count). The number of carboxylic acid groups (broad SMARTS) is 1. The third-order valence-corrected chi connectivity index (χ3v) is 1.91. The van der Waals surface area contributed by atoms with Gasteiger partial charge in [-0.3, -0.25) is 9.59 Å². The number of rotatable bonds is 2. The van der Waals surface area contributed by atoms with Crippen LogP contribution < -0.4 is 0 Å². The summed E-state index contributed by atoms with van der Waals surface area (Å²) in [5.41, 5.74) is 0.752. The highest BCUT2D eigenvalue weighted by atomic mass is 16.4. The van der Waals surface area contributed by atoms with Crippen LogP contribution in [0.5, 0.6) is 0 Å². The first-order valence-corrected chi connectivity index (χ1v) is 3.61. The van der Waals surface area contributed by atoms with Crippen molar-refractivity contribution >= 4 is 11.8 Å². The first kappa shape index (κ1) is 7.98. The number of aliphatic carboxylic acids is 1. The van der Waals surface area contributed by atoms with Gasteiger partial charge in [-0.2, -0.15) is 0 Å². The first-order valence-electron chi connectivity index (χ1n) is 3.61. The van der Waals surface area contributed by atoms with E-state index in [0.717, 1.165) is 5.57 Å². The second kappa shape index (κ2) is 2.86. The van der Waals surface area contributed by atoms with Gasteiger partial charge in [0.1, 0.15) is 0 Å². The van der Waals surface area contributed by atoms with E-state index in [1.54, 1.807) is 0 Å². The Morgan fingerprint density at radius 3 is 2.82 bits per heavy atom. The Labute approximate surface area is 64.7 Å². The van der Waals surface area contributed by atoms with Crippen LogP contribution in [-0.4, -0.2) is 16.9 Å². The second-order valence-electron chi connectivity index (χ2n) is 2.63. The molecule has 0 bridgehead atoms. The molecule has 60 valence electrons. The van der Waals surface area contributed by atoms with Gasteiger partial charge in [0.25, 0.3) is 0 Å². The van der Waals surface area contributed by atoms with E-state index in [9.17, 15) is 9.59 Å². The molecule has 0 aliphatic heterocycles. The zero-order valence-corrected chi connectivity index (χ0v) is 6.33. The maximum atomic E-state index is 10.8. The second-order valence-corrected chi connectivity index (χ2v) is 2.63. The van der Waals surface area contributed by atoms with Gasteiger partial charge in [-0.25, -0.2) is 0 Å². The Morgan fingerprint density at radius 1 is 1.82 bits per heavy atom. The molecular weight excluding hydrogens is 144 g/mol. The van der Waals surface area contributed by atoms with Crippen LogP contribution in [0.3, 0.4) is 0 Å². The van der Waals surface area contributed by atoms with E-state index in [-0.39, 0.29) is 12.2 Å². The van der Waals surface area contributed by atoms with Crippen LogP contribution in [0.15, 0.2) is 11.6 Å². The average Bonchev–Trinajstić information content (AvgIpc) is 2.30. The largest absolute Gasteiger partial charge is 0.481 e. The predicted octanol–water partition coefficient (Wildman–Crippen LogP) is 0.996. The molecule has 0 aromatic heterocycles. The van der Waals surface area contributed by atoms with E-state index >= 15 is 0 Å². The summed E-state index contributed by atoms with van der Waals surface area (Å²) in [5, 5.41) is 8.64. The van der Waals surface area contributed by atoms with Gasteiger partial charge in [-0.15, -0.1) is 0 Å². The van der Waals surface area contributed by atoms with Crippen molar-refractivity contribution in [2.75, 3.05) is 0 Å². The molecule has 0 aromatic rings. The van der Waals surface area contributed by atoms with Gasteiger partial charge in [0.15, 0.2) is 5.78 Å². The minimum Gasteiger partial charge on any atom is -0.481 e. The van der Waals surface area contributed by atoms with Crippen molar-refractivity contribution in [1.82, 2.24) is 0 Å². The van der Waals surface area contributed by atoms with Crippen molar-refractivity contribution in [3.05, 3.63) is 11.6 Å². The van der Waals surface area contributed by atoms with Gasteiger partial charge >= 0.3 is 5.97 Å². The fourth-order valence-corrected chi connectivity index (χ4v) is 1.29. The highest BCUT2D eigenvalue weighted by molar-refractivity contribution is 5.98. The number of carbonyl (C=O) groups excluding carboxylic acids is 1. The molecule has 1 aliphatic carbocycles. The van der Waals surface area contributed by atoms with Gasteiger partial charge in [-0.1, -0.05) is 12.5 Å². The summed E-state index contributed by atoms with van der Waals surface area (Å²) in [6.07, 6.45) is 2.26. The molecule has 0 heterocycles. The van der Waals surface area contributed by atoms with E-state index in [2.05, 4.69) is 0 Å². The lowest BCUT2D eigenvalue weighted by Crippen LogP contribution is -2.13. The van der Waals surface area contributed by atoms with Crippen LogP contribution in [0.1, 0.15) is 19.8 Å². The molecule has 1 aliphatic rings. The highest BCUT2D eigenvalue weighted by Crippen LogP contribution is 2.25. The number of hydrogen-bond donors (Lipinski definition) is 1. The molecule has 0 aromatic carbocycles. The van der Waals surface area contributed by atoms with Gasteiger partial charge in [0.05, 0.1) is 5.92 Å². The van der Waals surface area contributed by atoms with Crippen LogP contribution in [0.4, 0.5) is 0 Å². The Kier molecular flexibility index (Phi) is 2.08. The average molecular weight is 154 g/mol. The number of ketones is 1. The summed E-state index contributed by atoms with van der Waals surface area (Å²) in [7, 11) is 0. The Bertz CT molecular complexity index is 227. The molecular formula is C8H10O3. The Balaban J connectivity index is 2.79. The van der Waals surface area contributed by atoms with Crippen molar-refractivity contribution in [3.63, 3.8) is 0 Å². The number of hydrogen-bond acceptors (Lipinski definition) is 2. The molecule has 0 fully saturated rings. The standard InChI is InChI=1S/C8H10O3/c1-2-5-3-6(9)4-7(5)8(10)11/h3,7H,2,4H2,1H3,(H,10,11). The molecule has 1 atom stereocenters. The molecule has 0 saturated carbocycles. The maximum absolute atomic E-state index is 10.8. The highest BCUT2D eigenvalue weighted by Gasteiger charge is 2.29. The summed E-state index contributed by atoms with van der Waals surface area (Å²) in [5.74, 6) is -1.49. The molecule has 11 heavy (non-hydrogen) atoms. The Hall–Kier alpha value is -1.12. The van der Waals surface area contributed by atoms with Gasteiger partial charge in [-0.05, 0) is 12.5 Å². The summed E-state index contributed by atoms with van der Waals surface area (Å²) in [4.78, 5) is 21.3. The van der Waals surface area contributed by atoms with Gasteiger partial charge < -0.3 is 5.11 Å². The van der Waals surface area contributed by atoms with Crippen LogP contribution in [-0.2, 0) is 9.59 Å². The van der Waals surface area contributed by atoms with Gasteiger partial charge in [0, 0.05) is 6.42 Å². The van der Waals surface area contributed by atoms with E-state index < -0.39 is 11.9 Å². The summed E-state index contributed by atoms with van der Waals surface area (Å²) in [6.45, 7) is 1.86. The van der Waals surface area contributed by atoms with Crippen LogP contribution in [0.25, 0.3) is 0 Å². The summed E-state index contributed by atoms with van der Waals surface area (Å²) in [6, 6.07) is 0. The van der Waals surface area contributed by atoms with E-state index in [1.165, 1.54) is 6.08 Å². The topological polar surface area (TPSA) is 54.4 Å². The first-order chi connectivity index (χ1) is 5.15. The van der Waals surface area contributed by atoms with Crippen molar-refractivity contribution in [1.29, 1.82) is 0 Å². The molecule has 0 saturated heterocycles. The maximum Gasteiger partial charge on any atom is 0.311 e. The fourth-order valence-electron chi connectivity index (χ4n) is 1.29. The number of carboxylic acids is 1. The molecule has 0 amide bonds. The Morgan fingerprint density at radius 2 is 2.45 bits per heavy atom. The van der Waals surface area contributed by atoms with Gasteiger partial charge in [0.2, 0.25) is 0 Å². The molecule has 1 unspecified atom stereocenters. The smallest absolute Gasteiger partial charge is 0.311 e. The van der Waals surface area contributed by atoms with Crippen molar-refractivity contribution in [2.24, 2.45) is 5.92 Å². The lowest BCUT2D eigenvalue weighted by atomic mass is 10.0. The monoisotopic (exact) mass is 154 g/mol. The lowest BCUT2D eigenvalue weighted by molar-refractivity contribution is -0.141. The quantitative estimate of drug-likeness (QED) is 0.645. The van der Waals surface area contributed by atoms with E-state index in [0.29, 0.717) is 6.42 Å². The van der Waals surface area contributed by atoms with E-state index in [1.807, 2.05) is 6.92 Å². The zero-order valence-electron chi connectivity index (χ0n) is 6.33. The van der Waals surface area contributed by atoms with Crippen LogP contribution in [0.2, 0.25) is 0 Å². The normalized spacial score (nSPS) is 23.5. The van der Waals surface area contributed by atoms with Crippen LogP contribution >= 0.6 is 0 Å².